The molecular weight excluding hydrogens is 447 g/mol. The SMILES string of the molecule is Cn1cc(C(=O)N=CC2CCC[C@H](Nc3cc(C(F)(F)F)nc4ccc(N)cc34)C2)c(C#N)n1. The number of amides is 1. The Balaban J connectivity index is 1.53. The van der Waals surface area contributed by atoms with E-state index in [0.29, 0.717) is 23.2 Å². The van der Waals surface area contributed by atoms with Gasteiger partial charge in [-0.2, -0.15) is 23.5 Å². The fourth-order valence-corrected chi connectivity index (χ4v) is 4.19. The third-order valence-corrected chi connectivity index (χ3v) is 5.77. The van der Waals surface area contributed by atoms with E-state index in [1.54, 1.807) is 19.3 Å². The lowest BCUT2D eigenvalue weighted by Crippen LogP contribution is -2.28. The molecule has 1 fully saturated rings. The van der Waals surface area contributed by atoms with Gasteiger partial charge in [-0.05, 0) is 49.4 Å². The quantitative estimate of drug-likeness (QED) is 0.433. The zero-order valence-corrected chi connectivity index (χ0v) is 18.3. The van der Waals surface area contributed by atoms with E-state index in [1.165, 1.54) is 23.0 Å². The largest absolute Gasteiger partial charge is 0.433 e. The summed E-state index contributed by atoms with van der Waals surface area (Å²) in [5.41, 5.74) is 5.97. The number of nitrogens with zero attached hydrogens (tertiary/aromatic N) is 5. The van der Waals surface area contributed by atoms with Crippen LogP contribution in [0.15, 0.2) is 35.5 Å². The standard InChI is InChI=1S/C23H22F3N7O/c1-33-12-17(20(10-27)32-33)22(34)29-11-13-3-2-4-15(7-13)30-19-9-21(23(24,25)26)31-18-6-5-14(28)8-16(18)19/h5-6,8-9,11-13,15H,2-4,7,28H2,1H3,(H,30,31)/t13?,15-/m0/s1. The minimum Gasteiger partial charge on any atom is -0.399 e. The Morgan fingerprint density at radius 1 is 1.35 bits per heavy atom. The first-order valence-corrected chi connectivity index (χ1v) is 10.7. The molecule has 0 saturated heterocycles. The zero-order valence-electron chi connectivity index (χ0n) is 18.3. The number of carbonyl (C=O) groups excluding carboxylic acids is 1. The predicted molar refractivity (Wildman–Crippen MR) is 121 cm³/mol. The van der Waals surface area contributed by atoms with Gasteiger partial charge < -0.3 is 11.1 Å². The Hall–Kier alpha value is -3.94. The van der Waals surface area contributed by atoms with Crippen LogP contribution in [0.25, 0.3) is 10.9 Å². The fourth-order valence-electron chi connectivity index (χ4n) is 4.19. The second-order valence-corrected chi connectivity index (χ2v) is 8.36. The minimum atomic E-state index is -4.58. The Labute approximate surface area is 193 Å². The van der Waals surface area contributed by atoms with Crippen LogP contribution in [0, 0.1) is 17.2 Å². The molecule has 2 atom stereocenters. The molecular formula is C23H22F3N7O. The first-order chi connectivity index (χ1) is 16.1. The molecule has 176 valence electrons. The molecule has 0 radical (unpaired) electrons. The number of aliphatic imine (C=N–C) groups is 1. The van der Waals surface area contributed by atoms with Crippen molar-refractivity contribution >= 4 is 34.4 Å². The second-order valence-electron chi connectivity index (χ2n) is 8.36. The number of hydrogen-bond donors (Lipinski definition) is 2. The number of halogens is 3. The van der Waals surface area contributed by atoms with Gasteiger partial charge in [-0.15, -0.1) is 0 Å². The molecule has 3 aromatic rings. The molecule has 0 aliphatic heterocycles. The van der Waals surface area contributed by atoms with E-state index < -0.39 is 17.8 Å². The highest BCUT2D eigenvalue weighted by Crippen LogP contribution is 2.35. The van der Waals surface area contributed by atoms with Crippen LogP contribution in [0.4, 0.5) is 24.5 Å². The van der Waals surface area contributed by atoms with Crippen molar-refractivity contribution in [1.29, 1.82) is 5.26 Å². The van der Waals surface area contributed by atoms with Gasteiger partial charge in [0.2, 0.25) is 0 Å². The normalized spacial score (nSPS) is 18.8. The van der Waals surface area contributed by atoms with Gasteiger partial charge in [0.15, 0.2) is 5.69 Å². The van der Waals surface area contributed by atoms with Crippen molar-refractivity contribution in [2.45, 2.75) is 37.9 Å². The van der Waals surface area contributed by atoms with Crippen LogP contribution in [-0.4, -0.2) is 32.9 Å². The molecule has 0 bridgehead atoms. The van der Waals surface area contributed by atoms with Crippen molar-refractivity contribution in [1.82, 2.24) is 14.8 Å². The predicted octanol–water partition coefficient (Wildman–Crippen LogP) is 4.32. The maximum atomic E-state index is 13.4. The summed E-state index contributed by atoms with van der Waals surface area (Å²) < 4.78 is 41.6. The number of benzene rings is 1. The summed E-state index contributed by atoms with van der Waals surface area (Å²) in [6.07, 6.45) is 1.38. The van der Waals surface area contributed by atoms with Gasteiger partial charge in [-0.1, -0.05) is 6.42 Å². The molecule has 0 spiro atoms. The maximum Gasteiger partial charge on any atom is 0.433 e. The summed E-state index contributed by atoms with van der Waals surface area (Å²) in [7, 11) is 1.61. The first-order valence-electron chi connectivity index (χ1n) is 10.7. The number of nitriles is 1. The molecule has 11 heteroatoms. The number of pyridine rings is 1. The summed E-state index contributed by atoms with van der Waals surface area (Å²) >= 11 is 0. The van der Waals surface area contributed by atoms with Crippen LogP contribution >= 0.6 is 0 Å². The van der Waals surface area contributed by atoms with Gasteiger partial charge in [0.1, 0.15) is 11.8 Å². The number of nitrogens with two attached hydrogens (primary N) is 1. The Morgan fingerprint density at radius 3 is 2.88 bits per heavy atom. The number of carbonyl (C=O) groups is 1. The molecule has 1 aromatic carbocycles. The molecule has 1 amide bonds. The van der Waals surface area contributed by atoms with E-state index >= 15 is 0 Å². The highest BCUT2D eigenvalue weighted by Gasteiger charge is 2.34. The highest BCUT2D eigenvalue weighted by atomic mass is 19.4. The first kappa shape index (κ1) is 23.2. The van der Waals surface area contributed by atoms with Gasteiger partial charge in [0.25, 0.3) is 5.91 Å². The van der Waals surface area contributed by atoms with Crippen LogP contribution in [0.3, 0.4) is 0 Å². The number of hydrogen-bond acceptors (Lipinski definition) is 6. The number of alkyl halides is 3. The van der Waals surface area contributed by atoms with Crippen LogP contribution in [0.2, 0.25) is 0 Å². The molecule has 8 nitrogen and oxygen atoms in total. The molecule has 1 aliphatic carbocycles. The van der Waals surface area contributed by atoms with Crippen LogP contribution in [0.1, 0.15) is 47.4 Å². The van der Waals surface area contributed by atoms with E-state index in [0.717, 1.165) is 25.3 Å². The smallest absolute Gasteiger partial charge is 0.399 e. The third kappa shape index (κ3) is 5.01. The van der Waals surface area contributed by atoms with Crippen molar-refractivity contribution in [3.05, 3.63) is 47.4 Å². The number of nitrogen functional groups attached to an aromatic ring is 1. The van der Waals surface area contributed by atoms with Crippen LogP contribution in [0.5, 0.6) is 0 Å². The highest BCUT2D eigenvalue weighted by molar-refractivity contribution is 6.00. The molecule has 1 unspecified atom stereocenters. The number of rotatable bonds is 4. The topological polar surface area (TPSA) is 122 Å². The summed E-state index contributed by atoms with van der Waals surface area (Å²) in [6.45, 7) is 0. The third-order valence-electron chi connectivity index (χ3n) is 5.77. The van der Waals surface area contributed by atoms with Crippen molar-refractivity contribution in [2.75, 3.05) is 11.1 Å². The lowest BCUT2D eigenvalue weighted by atomic mass is 9.86. The molecule has 2 aromatic heterocycles. The molecule has 34 heavy (non-hydrogen) atoms. The molecule has 4 rings (SSSR count). The summed E-state index contributed by atoms with van der Waals surface area (Å²) in [5, 5.41) is 16.8. The second kappa shape index (κ2) is 9.13. The monoisotopic (exact) mass is 469 g/mol. The number of aryl methyl sites for hydroxylation is 1. The molecule has 1 saturated carbocycles. The fraction of sp³-hybridized carbons (Fsp3) is 0.348. The van der Waals surface area contributed by atoms with Gasteiger partial charge >= 0.3 is 6.18 Å². The summed E-state index contributed by atoms with van der Waals surface area (Å²) in [5.74, 6) is -0.595. The summed E-state index contributed by atoms with van der Waals surface area (Å²) in [4.78, 5) is 20.2. The Morgan fingerprint density at radius 2 is 2.15 bits per heavy atom. The maximum absolute atomic E-state index is 13.4. The van der Waals surface area contributed by atoms with Crippen molar-refractivity contribution in [2.24, 2.45) is 18.0 Å². The lowest BCUT2D eigenvalue weighted by molar-refractivity contribution is -0.140. The van der Waals surface area contributed by atoms with Gasteiger partial charge in [-0.25, -0.2) is 9.98 Å². The summed E-state index contributed by atoms with van der Waals surface area (Å²) in [6, 6.07) is 7.35. The van der Waals surface area contributed by atoms with E-state index in [2.05, 4.69) is 20.4 Å². The number of aromatic nitrogens is 3. The van der Waals surface area contributed by atoms with E-state index in [4.69, 9.17) is 11.0 Å². The van der Waals surface area contributed by atoms with Crippen LogP contribution in [-0.2, 0) is 13.2 Å². The Bertz CT molecular complexity index is 1310. The van der Waals surface area contributed by atoms with E-state index in [1.807, 2.05) is 6.07 Å². The van der Waals surface area contributed by atoms with E-state index in [9.17, 15) is 18.0 Å². The van der Waals surface area contributed by atoms with E-state index in [-0.39, 0.29) is 28.7 Å². The van der Waals surface area contributed by atoms with Crippen molar-refractivity contribution in [3.8, 4) is 6.07 Å². The number of nitrogens with one attached hydrogen (secondary N) is 1. The van der Waals surface area contributed by atoms with Crippen LogP contribution < -0.4 is 11.1 Å². The Kier molecular flexibility index (Phi) is 6.24. The lowest BCUT2D eigenvalue weighted by Gasteiger charge is -2.29. The van der Waals surface area contributed by atoms with Gasteiger partial charge in [-0.3, -0.25) is 9.48 Å². The zero-order chi connectivity index (χ0) is 24.5. The van der Waals surface area contributed by atoms with Crippen molar-refractivity contribution < 1.29 is 18.0 Å². The average molecular weight is 469 g/mol. The number of anilines is 2. The number of fused-ring (bicyclic) bond motifs is 1. The van der Waals surface area contributed by atoms with Gasteiger partial charge in [0.05, 0.1) is 11.1 Å². The molecule has 1 aliphatic rings. The minimum absolute atomic E-state index is 0.0112. The van der Waals surface area contributed by atoms with Crippen molar-refractivity contribution in [3.63, 3.8) is 0 Å². The van der Waals surface area contributed by atoms with Gasteiger partial charge in [0, 0.05) is 42.3 Å². The molecule has 3 N–H and O–H groups in total. The molecule has 2 heterocycles. The average Bonchev–Trinajstić information content (AvgIpc) is 3.18.